The normalized spacial score (nSPS) is 11.7. The Morgan fingerprint density at radius 2 is 2.10 bits per heavy atom. The van der Waals surface area contributed by atoms with Crippen molar-refractivity contribution < 1.29 is 14.0 Å². The Kier molecular flexibility index (Phi) is 4.14. The van der Waals surface area contributed by atoms with Crippen molar-refractivity contribution in [3.05, 3.63) is 48.0 Å². The van der Waals surface area contributed by atoms with E-state index in [2.05, 4.69) is 15.6 Å². The number of amides is 2. The summed E-state index contributed by atoms with van der Waals surface area (Å²) in [5, 5.41) is 5.22. The lowest BCUT2D eigenvalue weighted by molar-refractivity contribution is -0.117. The van der Waals surface area contributed by atoms with E-state index in [1.165, 1.54) is 18.6 Å². The van der Waals surface area contributed by atoms with Gasteiger partial charge in [-0.2, -0.15) is 0 Å². The fraction of sp³-hybridized carbons (Fsp3) is 0.214. The smallest absolute Gasteiger partial charge is 0.255 e. The summed E-state index contributed by atoms with van der Waals surface area (Å²) in [6, 6.07) is 6.17. The average molecular weight is 273 g/mol. The van der Waals surface area contributed by atoms with Crippen LogP contribution < -0.4 is 10.6 Å². The number of rotatable bonds is 4. The molecule has 2 N–H and O–H groups in total. The minimum Gasteiger partial charge on any atom is -0.472 e. The highest BCUT2D eigenvalue weighted by atomic mass is 16.3. The van der Waals surface area contributed by atoms with Crippen LogP contribution in [0, 0.1) is 6.92 Å². The molecule has 0 spiro atoms. The van der Waals surface area contributed by atoms with Crippen LogP contribution in [0.3, 0.4) is 0 Å². The summed E-state index contributed by atoms with van der Waals surface area (Å²) in [5.74, 6) is -0.238. The topological polar surface area (TPSA) is 84.2 Å². The Morgan fingerprint density at radius 1 is 1.30 bits per heavy atom. The lowest BCUT2D eigenvalue weighted by Crippen LogP contribution is -2.41. The fourth-order valence-electron chi connectivity index (χ4n) is 1.59. The number of aromatic nitrogens is 1. The summed E-state index contributed by atoms with van der Waals surface area (Å²) < 4.78 is 4.82. The van der Waals surface area contributed by atoms with E-state index < -0.39 is 6.04 Å². The zero-order chi connectivity index (χ0) is 14.5. The Morgan fingerprint density at radius 3 is 2.75 bits per heavy atom. The van der Waals surface area contributed by atoms with Crippen molar-refractivity contribution in [1.82, 2.24) is 10.3 Å². The van der Waals surface area contributed by atoms with Crippen molar-refractivity contribution in [2.45, 2.75) is 19.9 Å². The average Bonchev–Trinajstić information content (AvgIpc) is 2.92. The van der Waals surface area contributed by atoms with E-state index >= 15 is 0 Å². The molecule has 0 saturated heterocycles. The van der Waals surface area contributed by atoms with Crippen molar-refractivity contribution in [3.63, 3.8) is 0 Å². The van der Waals surface area contributed by atoms with Gasteiger partial charge in [0.05, 0.1) is 11.8 Å². The number of anilines is 1. The van der Waals surface area contributed by atoms with Crippen molar-refractivity contribution >= 4 is 17.6 Å². The van der Waals surface area contributed by atoms with Crippen LogP contribution >= 0.6 is 0 Å². The summed E-state index contributed by atoms with van der Waals surface area (Å²) in [4.78, 5) is 27.9. The predicted molar refractivity (Wildman–Crippen MR) is 73.2 cm³/mol. The number of hydrogen-bond donors (Lipinski definition) is 2. The fourth-order valence-corrected chi connectivity index (χ4v) is 1.59. The first-order valence-corrected chi connectivity index (χ1v) is 6.14. The van der Waals surface area contributed by atoms with Crippen LogP contribution in [0.15, 0.2) is 41.2 Å². The number of hydrogen-bond acceptors (Lipinski definition) is 4. The summed E-state index contributed by atoms with van der Waals surface area (Å²) in [6.07, 6.45) is 2.72. The van der Waals surface area contributed by atoms with E-state index in [-0.39, 0.29) is 11.8 Å². The number of carbonyl (C=O) groups excluding carboxylic acids is 2. The number of aryl methyl sites for hydroxylation is 1. The molecule has 2 rings (SSSR count). The molecule has 20 heavy (non-hydrogen) atoms. The molecular formula is C14H15N3O3. The Labute approximate surface area is 116 Å². The first-order chi connectivity index (χ1) is 9.56. The minimum atomic E-state index is -0.681. The molecule has 0 aromatic carbocycles. The van der Waals surface area contributed by atoms with E-state index in [9.17, 15) is 9.59 Å². The molecule has 0 aliphatic heterocycles. The van der Waals surface area contributed by atoms with Crippen molar-refractivity contribution in [3.8, 4) is 0 Å². The van der Waals surface area contributed by atoms with Crippen LogP contribution in [0.1, 0.15) is 23.0 Å². The first-order valence-electron chi connectivity index (χ1n) is 6.14. The highest BCUT2D eigenvalue weighted by Crippen LogP contribution is 2.05. The lowest BCUT2D eigenvalue weighted by atomic mass is 10.2. The molecule has 2 amide bonds. The van der Waals surface area contributed by atoms with Gasteiger partial charge in [0.25, 0.3) is 5.91 Å². The van der Waals surface area contributed by atoms with Gasteiger partial charge in [-0.15, -0.1) is 0 Å². The quantitative estimate of drug-likeness (QED) is 0.888. The second-order valence-corrected chi connectivity index (χ2v) is 4.36. The molecule has 6 nitrogen and oxygen atoms in total. The number of nitrogens with one attached hydrogen (secondary N) is 2. The van der Waals surface area contributed by atoms with E-state index in [1.807, 2.05) is 13.0 Å². The zero-order valence-electron chi connectivity index (χ0n) is 11.2. The SMILES string of the molecule is Cc1cccc(NC(=O)C(C)NC(=O)c2ccoc2)n1. The molecule has 2 aromatic rings. The minimum absolute atomic E-state index is 0.333. The van der Waals surface area contributed by atoms with Gasteiger partial charge in [0.1, 0.15) is 18.1 Å². The maximum absolute atomic E-state index is 11.9. The predicted octanol–water partition coefficient (Wildman–Crippen LogP) is 1.74. The van der Waals surface area contributed by atoms with Crippen molar-refractivity contribution in [2.75, 3.05) is 5.32 Å². The van der Waals surface area contributed by atoms with Crippen LogP contribution in [0.25, 0.3) is 0 Å². The molecule has 0 aliphatic rings. The van der Waals surface area contributed by atoms with Crippen molar-refractivity contribution in [2.24, 2.45) is 0 Å². The Bertz CT molecular complexity index is 608. The Hall–Kier alpha value is -2.63. The molecule has 104 valence electrons. The maximum Gasteiger partial charge on any atom is 0.255 e. The van der Waals surface area contributed by atoms with E-state index in [0.29, 0.717) is 11.4 Å². The number of furan rings is 1. The molecular weight excluding hydrogens is 258 g/mol. The summed E-state index contributed by atoms with van der Waals surface area (Å²) in [7, 11) is 0. The van der Waals surface area contributed by atoms with Gasteiger partial charge in [0, 0.05) is 5.69 Å². The van der Waals surface area contributed by atoms with Gasteiger partial charge in [0.15, 0.2) is 0 Å². The number of pyridine rings is 1. The molecule has 0 aliphatic carbocycles. The van der Waals surface area contributed by atoms with Crippen LogP contribution in [0.2, 0.25) is 0 Å². The number of nitrogens with zero attached hydrogens (tertiary/aromatic N) is 1. The van der Waals surface area contributed by atoms with Gasteiger partial charge in [-0.05, 0) is 32.0 Å². The lowest BCUT2D eigenvalue weighted by Gasteiger charge is -2.13. The molecule has 0 bridgehead atoms. The van der Waals surface area contributed by atoms with Crippen LogP contribution in [0.4, 0.5) is 5.82 Å². The highest BCUT2D eigenvalue weighted by molar-refractivity contribution is 6.00. The molecule has 0 radical (unpaired) electrons. The molecule has 2 heterocycles. The second-order valence-electron chi connectivity index (χ2n) is 4.36. The van der Waals surface area contributed by atoms with Gasteiger partial charge < -0.3 is 15.1 Å². The van der Waals surface area contributed by atoms with Crippen LogP contribution in [0.5, 0.6) is 0 Å². The van der Waals surface area contributed by atoms with E-state index in [1.54, 1.807) is 19.1 Å². The van der Waals surface area contributed by atoms with E-state index in [4.69, 9.17) is 4.42 Å². The third kappa shape index (κ3) is 3.44. The standard InChI is InChI=1S/C14H15N3O3/c1-9-4-3-5-12(15-9)17-13(18)10(2)16-14(19)11-6-7-20-8-11/h3-8,10H,1-2H3,(H,16,19)(H,15,17,18). The third-order valence-electron chi connectivity index (χ3n) is 2.66. The summed E-state index contributed by atoms with van der Waals surface area (Å²) in [6.45, 7) is 3.43. The van der Waals surface area contributed by atoms with Crippen LogP contribution in [-0.4, -0.2) is 22.8 Å². The first kappa shape index (κ1) is 13.8. The summed E-state index contributed by atoms with van der Waals surface area (Å²) in [5.41, 5.74) is 1.18. The molecule has 0 saturated carbocycles. The van der Waals surface area contributed by atoms with Gasteiger partial charge in [-0.25, -0.2) is 4.98 Å². The van der Waals surface area contributed by atoms with Gasteiger partial charge in [-0.3, -0.25) is 9.59 Å². The molecule has 2 aromatic heterocycles. The van der Waals surface area contributed by atoms with Crippen molar-refractivity contribution in [1.29, 1.82) is 0 Å². The largest absolute Gasteiger partial charge is 0.472 e. The Balaban J connectivity index is 1.94. The maximum atomic E-state index is 11.9. The molecule has 1 atom stereocenters. The van der Waals surface area contributed by atoms with Crippen LogP contribution in [-0.2, 0) is 4.79 Å². The molecule has 1 unspecified atom stereocenters. The van der Waals surface area contributed by atoms with Gasteiger partial charge in [-0.1, -0.05) is 6.07 Å². The number of carbonyl (C=O) groups is 2. The monoisotopic (exact) mass is 273 g/mol. The van der Waals surface area contributed by atoms with Gasteiger partial charge >= 0.3 is 0 Å². The second kappa shape index (κ2) is 6.01. The summed E-state index contributed by atoms with van der Waals surface area (Å²) >= 11 is 0. The zero-order valence-corrected chi connectivity index (χ0v) is 11.2. The molecule has 0 fully saturated rings. The highest BCUT2D eigenvalue weighted by Gasteiger charge is 2.17. The molecule has 6 heteroatoms. The van der Waals surface area contributed by atoms with Gasteiger partial charge in [0.2, 0.25) is 5.91 Å². The third-order valence-corrected chi connectivity index (χ3v) is 2.66. The van der Waals surface area contributed by atoms with E-state index in [0.717, 1.165) is 5.69 Å².